The van der Waals surface area contributed by atoms with Crippen molar-refractivity contribution in [2.24, 2.45) is 5.73 Å². The van der Waals surface area contributed by atoms with E-state index in [0.717, 1.165) is 68.2 Å². The highest BCUT2D eigenvalue weighted by Crippen LogP contribution is 2.32. The summed E-state index contributed by atoms with van der Waals surface area (Å²) in [5, 5.41) is 9.16. The highest BCUT2D eigenvalue weighted by molar-refractivity contribution is 7.99. The molecule has 3 aromatic rings. The van der Waals surface area contributed by atoms with Gasteiger partial charge in [-0.2, -0.15) is 16.9 Å². The van der Waals surface area contributed by atoms with E-state index in [1.165, 1.54) is 16.4 Å². The van der Waals surface area contributed by atoms with Crippen LogP contribution in [0.15, 0.2) is 36.4 Å². The number of halogens is 2. The summed E-state index contributed by atoms with van der Waals surface area (Å²) in [5.41, 5.74) is 10.5. The molecule has 0 unspecified atom stereocenters. The number of nitrogens with two attached hydrogens (primary N) is 1. The van der Waals surface area contributed by atoms with Gasteiger partial charge in [-0.15, -0.1) is 0 Å². The number of aryl methyl sites for hydroxylation is 1. The van der Waals surface area contributed by atoms with Crippen LogP contribution in [0, 0.1) is 11.8 Å². The van der Waals surface area contributed by atoms with Gasteiger partial charge < -0.3 is 25.8 Å². The molecule has 0 atom stereocenters. The lowest BCUT2D eigenvalue weighted by Crippen LogP contribution is -2.46. The number of primary amides is 1. The van der Waals surface area contributed by atoms with Gasteiger partial charge in [0.25, 0.3) is 5.91 Å². The maximum atomic E-state index is 13.2. The minimum absolute atomic E-state index is 0.112. The molecule has 1 aromatic heterocycles. The maximum Gasteiger partial charge on any atom is 0.311 e. The summed E-state index contributed by atoms with van der Waals surface area (Å²) in [6, 6.07) is 10.8. The molecule has 0 radical (unpaired) electrons. The summed E-state index contributed by atoms with van der Waals surface area (Å²) in [5.74, 6) is 6.89. The van der Waals surface area contributed by atoms with Crippen LogP contribution in [0.4, 0.5) is 0 Å². The van der Waals surface area contributed by atoms with E-state index in [1.807, 2.05) is 23.9 Å². The van der Waals surface area contributed by atoms with Crippen molar-refractivity contribution in [3.05, 3.63) is 74.4 Å². The average Bonchev–Trinajstić information content (AvgIpc) is 3.46. The predicted molar refractivity (Wildman–Crippen MR) is 186 cm³/mol. The Kier molecular flexibility index (Phi) is 10.7. The Bertz CT molecular complexity index is 1740. The van der Waals surface area contributed by atoms with Crippen molar-refractivity contribution in [2.45, 2.75) is 25.9 Å². The zero-order chi connectivity index (χ0) is 32.9. The molecule has 0 spiro atoms. The number of hydrogen-bond donors (Lipinski definition) is 2. The fourth-order valence-electron chi connectivity index (χ4n) is 6.22. The number of aromatic nitrogens is 2. The van der Waals surface area contributed by atoms with Gasteiger partial charge in [0.05, 0.1) is 27.8 Å². The average molecular weight is 695 g/mol. The van der Waals surface area contributed by atoms with Crippen molar-refractivity contribution >= 4 is 52.7 Å². The quantitative estimate of drug-likeness (QED) is 0.301. The van der Waals surface area contributed by atoms with Gasteiger partial charge >= 0.3 is 11.8 Å². The number of thioether (sulfide) groups is 1. The summed E-state index contributed by atoms with van der Waals surface area (Å²) >= 11 is 15.0. The molecule has 2 aromatic carbocycles. The van der Waals surface area contributed by atoms with Crippen LogP contribution in [0.3, 0.4) is 0 Å². The Hall–Kier alpha value is -3.53. The van der Waals surface area contributed by atoms with Crippen molar-refractivity contribution in [1.82, 2.24) is 29.8 Å². The topological polar surface area (TPSA) is 117 Å². The molecule has 246 valence electrons. The first-order valence-corrected chi connectivity index (χ1v) is 17.8. The molecule has 10 nitrogen and oxygen atoms in total. The normalized spacial score (nSPS) is 16.7. The first kappa shape index (κ1) is 33.4. The van der Waals surface area contributed by atoms with Crippen molar-refractivity contribution in [2.75, 3.05) is 63.9 Å². The van der Waals surface area contributed by atoms with E-state index in [-0.39, 0.29) is 12.5 Å². The fourth-order valence-corrected chi connectivity index (χ4v) is 7.56. The Balaban J connectivity index is 1.28. The molecule has 3 aliphatic rings. The molecule has 0 saturated carbocycles. The van der Waals surface area contributed by atoms with Crippen LogP contribution < -0.4 is 11.1 Å². The molecule has 2 saturated heterocycles. The Morgan fingerprint density at radius 3 is 2.45 bits per heavy atom. The zero-order valence-electron chi connectivity index (χ0n) is 26.1. The second kappa shape index (κ2) is 15.1. The molecule has 13 heteroatoms. The van der Waals surface area contributed by atoms with E-state index < -0.39 is 11.8 Å². The van der Waals surface area contributed by atoms with E-state index in [1.54, 1.807) is 29.2 Å². The van der Waals surface area contributed by atoms with Crippen molar-refractivity contribution < 1.29 is 14.4 Å². The molecule has 2 fully saturated rings. The number of benzene rings is 2. The van der Waals surface area contributed by atoms with E-state index in [9.17, 15) is 14.4 Å². The van der Waals surface area contributed by atoms with Gasteiger partial charge in [-0.05, 0) is 43.3 Å². The standard InChI is InChI=1S/C34H37Cl2N7O3S/c35-28-7-5-25(21-24(28)4-2-23-3-6-29(36)26(20-23)33(45)41-14-9-38-10-15-41)31-27-22-42(34(46)32(37)44)13-8-30(27)43(39-31)12-1-11-40-16-18-47-19-17-40/h3,5-7,20-21,38H,1,8-19,22H2,(H2,37,44). The van der Waals surface area contributed by atoms with Crippen LogP contribution in [-0.2, 0) is 29.1 Å². The minimum atomic E-state index is -0.967. The van der Waals surface area contributed by atoms with Gasteiger partial charge in [-0.1, -0.05) is 41.1 Å². The zero-order valence-corrected chi connectivity index (χ0v) is 28.4. The van der Waals surface area contributed by atoms with Gasteiger partial charge in [0, 0.05) is 98.2 Å². The number of nitrogens with zero attached hydrogens (tertiary/aromatic N) is 5. The van der Waals surface area contributed by atoms with Gasteiger partial charge in [0.15, 0.2) is 0 Å². The molecular weight excluding hydrogens is 657 g/mol. The number of carbonyl (C=O) groups excluding carboxylic acids is 3. The monoisotopic (exact) mass is 693 g/mol. The second-order valence-corrected chi connectivity index (χ2v) is 13.9. The molecule has 4 heterocycles. The summed E-state index contributed by atoms with van der Waals surface area (Å²) < 4.78 is 2.06. The van der Waals surface area contributed by atoms with E-state index in [0.29, 0.717) is 52.8 Å². The summed E-state index contributed by atoms with van der Waals surface area (Å²) in [6.07, 6.45) is 1.53. The predicted octanol–water partition coefficient (Wildman–Crippen LogP) is 3.11. The molecule has 0 aliphatic carbocycles. The number of carbonyl (C=O) groups is 3. The number of hydrogen-bond acceptors (Lipinski definition) is 7. The summed E-state index contributed by atoms with van der Waals surface area (Å²) in [7, 11) is 0. The van der Waals surface area contributed by atoms with Gasteiger partial charge in [0.2, 0.25) is 0 Å². The first-order valence-electron chi connectivity index (χ1n) is 15.9. The summed E-state index contributed by atoms with van der Waals surface area (Å²) in [4.78, 5) is 43.2. The highest BCUT2D eigenvalue weighted by atomic mass is 35.5. The smallest absolute Gasteiger partial charge is 0.311 e. The maximum absolute atomic E-state index is 13.2. The van der Waals surface area contributed by atoms with Crippen LogP contribution in [-0.4, -0.2) is 106 Å². The highest BCUT2D eigenvalue weighted by Gasteiger charge is 2.30. The lowest BCUT2D eigenvalue weighted by molar-refractivity contribution is -0.144. The second-order valence-electron chi connectivity index (χ2n) is 11.8. The fraction of sp³-hybridized carbons (Fsp3) is 0.412. The Morgan fingerprint density at radius 1 is 0.915 bits per heavy atom. The largest absolute Gasteiger partial charge is 0.361 e. The lowest BCUT2D eigenvalue weighted by Gasteiger charge is -2.27. The number of amides is 3. The van der Waals surface area contributed by atoms with E-state index >= 15 is 0 Å². The van der Waals surface area contributed by atoms with E-state index in [2.05, 4.69) is 26.7 Å². The van der Waals surface area contributed by atoms with Gasteiger partial charge in [0.1, 0.15) is 0 Å². The third-order valence-corrected chi connectivity index (χ3v) is 10.4. The number of piperazine rings is 1. The molecule has 6 rings (SSSR count). The number of rotatable bonds is 6. The minimum Gasteiger partial charge on any atom is -0.361 e. The van der Waals surface area contributed by atoms with Crippen LogP contribution in [0.2, 0.25) is 10.0 Å². The third kappa shape index (κ3) is 7.79. The van der Waals surface area contributed by atoms with Crippen LogP contribution >= 0.6 is 35.0 Å². The van der Waals surface area contributed by atoms with Crippen LogP contribution in [0.25, 0.3) is 11.3 Å². The summed E-state index contributed by atoms with van der Waals surface area (Å²) in [6.45, 7) is 7.36. The van der Waals surface area contributed by atoms with Crippen molar-refractivity contribution in [3.63, 3.8) is 0 Å². The molecule has 0 bridgehead atoms. The third-order valence-electron chi connectivity index (χ3n) is 8.76. The van der Waals surface area contributed by atoms with Crippen LogP contribution in [0.1, 0.15) is 39.2 Å². The molecule has 3 aliphatic heterocycles. The Labute approximate surface area is 288 Å². The molecule has 47 heavy (non-hydrogen) atoms. The van der Waals surface area contributed by atoms with E-state index in [4.69, 9.17) is 34.0 Å². The Morgan fingerprint density at radius 2 is 1.68 bits per heavy atom. The van der Waals surface area contributed by atoms with Crippen LogP contribution in [0.5, 0.6) is 0 Å². The van der Waals surface area contributed by atoms with Crippen molar-refractivity contribution in [3.8, 4) is 23.1 Å². The lowest BCUT2D eigenvalue weighted by atomic mass is 9.99. The van der Waals surface area contributed by atoms with Gasteiger partial charge in [-0.25, -0.2) is 0 Å². The number of nitrogens with one attached hydrogen (secondary N) is 1. The van der Waals surface area contributed by atoms with Crippen molar-refractivity contribution in [1.29, 1.82) is 0 Å². The molecule has 3 amide bonds. The first-order chi connectivity index (χ1) is 22.8. The SMILES string of the molecule is NC(=O)C(=O)N1CCc2c(c(-c3ccc(Cl)c(C#Cc4ccc(Cl)c(C(=O)N5CCNCC5)c4)c3)nn2CCCN2CCSCC2)C1. The molecular formula is C34H37Cl2N7O3S. The number of fused-ring (bicyclic) bond motifs is 1. The molecule has 3 N–H and O–H groups in total. The van der Waals surface area contributed by atoms with Gasteiger partial charge in [-0.3, -0.25) is 19.1 Å².